The number of aliphatic carboxylic acids is 1. The minimum atomic E-state index is -0.981. The number of ether oxygens (including phenoxy) is 1. The van der Waals surface area contributed by atoms with Crippen molar-refractivity contribution in [3.63, 3.8) is 0 Å². The number of rotatable bonds is 9. The summed E-state index contributed by atoms with van der Waals surface area (Å²) in [5.41, 5.74) is 4.51. The van der Waals surface area contributed by atoms with Crippen molar-refractivity contribution in [3.8, 4) is 11.1 Å². The van der Waals surface area contributed by atoms with Gasteiger partial charge < -0.3 is 20.1 Å². The maximum atomic E-state index is 12.6. The first-order valence-corrected chi connectivity index (χ1v) is 11.4. The van der Waals surface area contributed by atoms with E-state index in [9.17, 15) is 14.4 Å². The quantitative estimate of drug-likeness (QED) is 0.619. The number of fused-ring (bicyclic) bond motifs is 3. The molecular weight excluding hydrogens is 416 g/mol. The molecule has 0 aromatic heterocycles. The highest BCUT2D eigenvalue weighted by Gasteiger charge is 2.30. The van der Waals surface area contributed by atoms with Crippen LogP contribution in [0.2, 0.25) is 0 Å². The number of likely N-dealkylation sites (N-methyl/N-ethyl adjacent to an activating group) is 1. The second-order valence-corrected chi connectivity index (χ2v) is 8.29. The summed E-state index contributed by atoms with van der Waals surface area (Å²) in [6.45, 7) is 0.236. The molecule has 2 aromatic carbocycles. The van der Waals surface area contributed by atoms with Gasteiger partial charge in [-0.25, -0.2) is 4.79 Å². The van der Waals surface area contributed by atoms with E-state index in [0.717, 1.165) is 22.3 Å². The Morgan fingerprint density at radius 1 is 1.10 bits per heavy atom. The van der Waals surface area contributed by atoms with Crippen molar-refractivity contribution in [3.05, 3.63) is 59.7 Å². The highest BCUT2D eigenvalue weighted by atomic mass is 32.2. The van der Waals surface area contributed by atoms with Crippen molar-refractivity contribution >= 4 is 29.7 Å². The fraction of sp³-hybridized carbons (Fsp3) is 0.348. The van der Waals surface area contributed by atoms with Crippen molar-refractivity contribution in [1.29, 1.82) is 0 Å². The Hall–Kier alpha value is -3.00. The van der Waals surface area contributed by atoms with Crippen LogP contribution in [0, 0.1) is 0 Å². The highest BCUT2D eigenvalue weighted by molar-refractivity contribution is 7.98. The Morgan fingerprint density at radius 2 is 1.68 bits per heavy atom. The van der Waals surface area contributed by atoms with Gasteiger partial charge in [-0.05, 0) is 28.5 Å². The van der Waals surface area contributed by atoms with Gasteiger partial charge in [-0.2, -0.15) is 11.8 Å². The van der Waals surface area contributed by atoms with Gasteiger partial charge in [0.25, 0.3) is 0 Å². The predicted octanol–water partition coefficient (Wildman–Crippen LogP) is 3.19. The van der Waals surface area contributed by atoms with Gasteiger partial charge in [0.05, 0.1) is 6.42 Å². The van der Waals surface area contributed by atoms with Crippen LogP contribution < -0.4 is 5.32 Å². The average molecular weight is 443 g/mol. The van der Waals surface area contributed by atoms with Crippen LogP contribution in [0.25, 0.3) is 11.1 Å². The van der Waals surface area contributed by atoms with E-state index < -0.39 is 18.1 Å². The Morgan fingerprint density at radius 3 is 2.23 bits per heavy atom. The second kappa shape index (κ2) is 10.3. The first kappa shape index (κ1) is 22.7. The minimum Gasteiger partial charge on any atom is -0.481 e. The third kappa shape index (κ3) is 5.38. The maximum absolute atomic E-state index is 12.6. The molecule has 0 saturated heterocycles. The predicted molar refractivity (Wildman–Crippen MR) is 120 cm³/mol. The van der Waals surface area contributed by atoms with Gasteiger partial charge in [0.15, 0.2) is 0 Å². The minimum absolute atomic E-state index is 0.0638. The van der Waals surface area contributed by atoms with Crippen LogP contribution in [0.3, 0.4) is 0 Å². The number of carboxylic acids is 1. The average Bonchev–Trinajstić information content (AvgIpc) is 3.09. The number of thioether (sulfide) groups is 1. The molecule has 0 bridgehead atoms. The lowest BCUT2D eigenvalue weighted by Gasteiger charge is -2.24. The molecule has 0 saturated carbocycles. The number of hydrogen-bond acceptors (Lipinski definition) is 5. The normalized spacial score (nSPS) is 13.1. The molecule has 2 N–H and O–H groups in total. The third-order valence-electron chi connectivity index (χ3n) is 5.30. The molecule has 0 radical (unpaired) electrons. The molecule has 1 aliphatic carbocycles. The molecule has 8 heteroatoms. The van der Waals surface area contributed by atoms with Crippen LogP contribution >= 0.6 is 11.8 Å². The molecule has 2 aromatic rings. The lowest BCUT2D eigenvalue weighted by atomic mass is 9.98. The first-order chi connectivity index (χ1) is 14.9. The molecule has 2 amide bonds. The topological polar surface area (TPSA) is 95.9 Å². The number of benzene rings is 2. The molecule has 1 aliphatic rings. The molecular formula is C23H26N2O5S. The van der Waals surface area contributed by atoms with Crippen LogP contribution in [0.5, 0.6) is 0 Å². The number of hydrogen-bond donors (Lipinski definition) is 2. The summed E-state index contributed by atoms with van der Waals surface area (Å²) < 4.78 is 5.52. The Balaban J connectivity index is 1.63. The maximum Gasteiger partial charge on any atom is 0.407 e. The number of nitrogens with zero attached hydrogens (tertiary/aromatic N) is 1. The van der Waals surface area contributed by atoms with E-state index in [4.69, 9.17) is 9.84 Å². The molecule has 1 unspecified atom stereocenters. The molecule has 0 fully saturated rings. The largest absolute Gasteiger partial charge is 0.481 e. The zero-order chi connectivity index (χ0) is 22.4. The SMILES string of the molecule is CSCC(NC(=O)OCC1c2ccccc2-c2ccccc21)C(=O)N(C)CCC(=O)O. The lowest BCUT2D eigenvalue weighted by Crippen LogP contribution is -2.49. The smallest absolute Gasteiger partial charge is 0.407 e. The van der Waals surface area contributed by atoms with Crippen molar-refractivity contribution in [2.24, 2.45) is 0 Å². The van der Waals surface area contributed by atoms with Crippen molar-refractivity contribution in [2.45, 2.75) is 18.4 Å². The Kier molecular flexibility index (Phi) is 7.57. The van der Waals surface area contributed by atoms with E-state index in [1.807, 2.05) is 42.7 Å². The second-order valence-electron chi connectivity index (χ2n) is 7.38. The van der Waals surface area contributed by atoms with E-state index in [-0.39, 0.29) is 31.4 Å². The number of carboxylic acid groups (broad SMARTS) is 1. The molecule has 0 spiro atoms. The molecule has 7 nitrogen and oxygen atoms in total. The van der Waals surface area contributed by atoms with Crippen LogP contribution in [-0.4, -0.2) is 66.2 Å². The van der Waals surface area contributed by atoms with Crippen LogP contribution in [0.4, 0.5) is 4.79 Å². The van der Waals surface area contributed by atoms with Crippen molar-refractivity contribution in [1.82, 2.24) is 10.2 Å². The number of carbonyl (C=O) groups is 3. The van der Waals surface area contributed by atoms with E-state index >= 15 is 0 Å². The third-order valence-corrected chi connectivity index (χ3v) is 5.97. The van der Waals surface area contributed by atoms with Crippen molar-refractivity contribution < 1.29 is 24.2 Å². The number of alkyl carbamates (subject to hydrolysis) is 1. The van der Waals surface area contributed by atoms with Gasteiger partial charge in [0.1, 0.15) is 12.6 Å². The van der Waals surface area contributed by atoms with Gasteiger partial charge in [-0.1, -0.05) is 48.5 Å². The lowest BCUT2D eigenvalue weighted by molar-refractivity contribution is -0.138. The summed E-state index contributed by atoms with van der Waals surface area (Å²) >= 11 is 1.41. The first-order valence-electron chi connectivity index (χ1n) is 9.99. The number of nitrogens with one attached hydrogen (secondary N) is 1. The molecule has 3 rings (SSSR count). The zero-order valence-electron chi connectivity index (χ0n) is 17.5. The summed E-state index contributed by atoms with van der Waals surface area (Å²) in [5.74, 6) is -1.03. The monoisotopic (exact) mass is 442 g/mol. The Labute approximate surface area is 185 Å². The molecule has 1 atom stereocenters. The van der Waals surface area contributed by atoms with Gasteiger partial charge >= 0.3 is 12.1 Å². The summed E-state index contributed by atoms with van der Waals surface area (Å²) in [6.07, 6.45) is 1.01. The summed E-state index contributed by atoms with van der Waals surface area (Å²) in [5, 5.41) is 11.5. The van der Waals surface area contributed by atoms with E-state index in [0.29, 0.717) is 5.75 Å². The van der Waals surface area contributed by atoms with Crippen LogP contribution in [0.1, 0.15) is 23.5 Å². The molecule has 0 aliphatic heterocycles. The van der Waals surface area contributed by atoms with Crippen LogP contribution in [-0.2, 0) is 14.3 Å². The van der Waals surface area contributed by atoms with E-state index in [1.54, 1.807) is 0 Å². The summed E-state index contributed by atoms with van der Waals surface area (Å²) in [6, 6.07) is 15.3. The molecule has 164 valence electrons. The summed E-state index contributed by atoms with van der Waals surface area (Å²) in [4.78, 5) is 37.2. The molecule has 31 heavy (non-hydrogen) atoms. The van der Waals surface area contributed by atoms with Gasteiger partial charge in [0, 0.05) is 25.3 Å². The number of carbonyl (C=O) groups excluding carboxylic acids is 2. The number of amides is 2. The van der Waals surface area contributed by atoms with Gasteiger partial charge in [-0.15, -0.1) is 0 Å². The zero-order valence-corrected chi connectivity index (χ0v) is 18.4. The van der Waals surface area contributed by atoms with E-state index in [1.165, 1.54) is 23.7 Å². The fourth-order valence-electron chi connectivity index (χ4n) is 3.76. The highest BCUT2D eigenvalue weighted by Crippen LogP contribution is 2.44. The van der Waals surface area contributed by atoms with Crippen LogP contribution in [0.15, 0.2) is 48.5 Å². The van der Waals surface area contributed by atoms with Gasteiger partial charge in [0.2, 0.25) is 5.91 Å². The standard InChI is InChI=1S/C23H26N2O5S/c1-25(12-11-21(26)27)22(28)20(14-31-2)24-23(29)30-13-19-17-9-5-3-7-15(17)16-8-4-6-10-18(16)19/h3-10,19-20H,11-14H2,1-2H3,(H,24,29)(H,26,27). The van der Waals surface area contributed by atoms with Crippen molar-refractivity contribution in [2.75, 3.05) is 32.2 Å². The molecule has 0 heterocycles. The Bertz CT molecular complexity index is 919. The fourth-order valence-corrected chi connectivity index (χ4v) is 4.32. The summed E-state index contributed by atoms with van der Waals surface area (Å²) in [7, 11) is 1.53. The van der Waals surface area contributed by atoms with E-state index in [2.05, 4.69) is 17.4 Å². The van der Waals surface area contributed by atoms with Gasteiger partial charge in [-0.3, -0.25) is 9.59 Å².